The first-order valence-corrected chi connectivity index (χ1v) is 11.5. The fourth-order valence-corrected chi connectivity index (χ4v) is 5.20. The van der Waals surface area contributed by atoms with Gasteiger partial charge in [0.2, 0.25) is 0 Å². The Morgan fingerprint density at radius 3 is 2.70 bits per heavy atom. The summed E-state index contributed by atoms with van der Waals surface area (Å²) in [6, 6.07) is 8.69. The Bertz CT molecular complexity index is 862. The second-order valence-electron chi connectivity index (χ2n) is 8.20. The largest absolute Gasteiger partial charge is 0.379 e. The number of nitrogens with zero attached hydrogens (tertiary/aromatic N) is 4. The molecular weight excluding hydrogens is 394 g/mol. The quantitative estimate of drug-likeness (QED) is 0.685. The molecule has 2 fully saturated rings. The molecule has 0 bridgehead atoms. The van der Waals surface area contributed by atoms with E-state index in [1.54, 1.807) is 0 Å². The van der Waals surface area contributed by atoms with E-state index in [9.17, 15) is 0 Å². The third-order valence-corrected chi connectivity index (χ3v) is 6.78. The lowest BCUT2D eigenvalue weighted by Gasteiger charge is -2.27. The Balaban J connectivity index is 1.55. The van der Waals surface area contributed by atoms with Gasteiger partial charge in [0.05, 0.1) is 31.0 Å². The van der Waals surface area contributed by atoms with Crippen molar-refractivity contribution in [3.05, 3.63) is 53.1 Å². The standard InChI is InChI=1S/C23H33N5OS/c1-4-27-22(21(25-23(27)30)20-8-5-6-9-24-20)19-16-17(2)28(18(19)3)11-7-10-26-12-14-29-15-13-26/h5-6,8-9,16,21-22H,4,7,10-15H2,1-3H3,(H,25,30)/t21-,22+/m1/s1. The predicted octanol–water partition coefficient (Wildman–Crippen LogP) is 3.21. The van der Waals surface area contributed by atoms with Gasteiger partial charge in [0.15, 0.2) is 5.11 Å². The summed E-state index contributed by atoms with van der Waals surface area (Å²) in [5.41, 5.74) is 5.05. The molecule has 2 saturated heterocycles. The highest BCUT2D eigenvalue weighted by Gasteiger charge is 2.40. The fraction of sp³-hybridized carbons (Fsp3) is 0.565. The predicted molar refractivity (Wildman–Crippen MR) is 124 cm³/mol. The van der Waals surface area contributed by atoms with E-state index in [4.69, 9.17) is 17.0 Å². The molecule has 0 radical (unpaired) electrons. The van der Waals surface area contributed by atoms with Gasteiger partial charge in [-0.15, -0.1) is 0 Å². The number of aryl methyl sites for hydroxylation is 1. The van der Waals surface area contributed by atoms with Crippen molar-refractivity contribution in [2.75, 3.05) is 39.4 Å². The lowest BCUT2D eigenvalue weighted by molar-refractivity contribution is 0.0369. The third-order valence-electron chi connectivity index (χ3n) is 6.43. The molecule has 2 atom stereocenters. The summed E-state index contributed by atoms with van der Waals surface area (Å²) < 4.78 is 7.94. The summed E-state index contributed by atoms with van der Waals surface area (Å²) in [5, 5.41) is 4.34. The van der Waals surface area contributed by atoms with Crippen LogP contribution in [-0.4, -0.2) is 63.9 Å². The minimum absolute atomic E-state index is 0.0703. The van der Waals surface area contributed by atoms with E-state index < -0.39 is 0 Å². The van der Waals surface area contributed by atoms with Gasteiger partial charge in [0, 0.05) is 50.3 Å². The van der Waals surface area contributed by atoms with Gasteiger partial charge < -0.3 is 19.5 Å². The highest BCUT2D eigenvalue weighted by molar-refractivity contribution is 7.80. The second kappa shape index (κ2) is 9.45. The molecule has 0 spiro atoms. The number of aromatic nitrogens is 2. The number of morpholine rings is 1. The molecule has 6 nitrogen and oxygen atoms in total. The topological polar surface area (TPSA) is 45.6 Å². The van der Waals surface area contributed by atoms with Crippen molar-refractivity contribution < 1.29 is 4.74 Å². The SMILES string of the molecule is CCN1C(=S)N[C@H](c2ccccn2)[C@@H]1c1cc(C)n(CCCN2CCOCC2)c1C. The van der Waals surface area contributed by atoms with Crippen LogP contribution < -0.4 is 5.32 Å². The van der Waals surface area contributed by atoms with Crippen molar-refractivity contribution in [1.29, 1.82) is 0 Å². The number of pyridine rings is 1. The van der Waals surface area contributed by atoms with Gasteiger partial charge in [-0.1, -0.05) is 6.07 Å². The summed E-state index contributed by atoms with van der Waals surface area (Å²) >= 11 is 5.68. The Morgan fingerprint density at radius 2 is 2.00 bits per heavy atom. The summed E-state index contributed by atoms with van der Waals surface area (Å²) in [6.07, 6.45) is 3.01. The van der Waals surface area contributed by atoms with Gasteiger partial charge >= 0.3 is 0 Å². The zero-order valence-electron chi connectivity index (χ0n) is 18.3. The molecule has 2 aromatic rings. The van der Waals surface area contributed by atoms with Gasteiger partial charge in [-0.2, -0.15) is 0 Å². The van der Waals surface area contributed by atoms with Crippen LogP contribution in [0.2, 0.25) is 0 Å². The molecule has 4 rings (SSSR count). The Kier molecular flexibility index (Phi) is 6.71. The second-order valence-corrected chi connectivity index (χ2v) is 8.58. The van der Waals surface area contributed by atoms with Crippen molar-refractivity contribution in [1.82, 2.24) is 24.7 Å². The van der Waals surface area contributed by atoms with E-state index in [-0.39, 0.29) is 12.1 Å². The molecule has 2 aromatic heterocycles. The van der Waals surface area contributed by atoms with Crippen LogP contribution in [0.1, 0.15) is 48.1 Å². The molecule has 0 aromatic carbocycles. The zero-order valence-corrected chi connectivity index (χ0v) is 19.1. The van der Waals surface area contributed by atoms with E-state index in [0.29, 0.717) is 0 Å². The molecule has 0 aliphatic carbocycles. The van der Waals surface area contributed by atoms with Crippen LogP contribution in [0.25, 0.3) is 0 Å². The minimum atomic E-state index is 0.0703. The number of hydrogen-bond acceptors (Lipinski definition) is 4. The van der Waals surface area contributed by atoms with Crippen molar-refractivity contribution in [2.45, 2.75) is 45.8 Å². The first kappa shape index (κ1) is 21.3. The lowest BCUT2D eigenvalue weighted by atomic mass is 9.97. The van der Waals surface area contributed by atoms with Crippen LogP contribution in [0, 0.1) is 13.8 Å². The van der Waals surface area contributed by atoms with Gasteiger partial charge in [-0.3, -0.25) is 9.88 Å². The number of thiocarbonyl (C=S) groups is 1. The molecule has 0 amide bonds. The summed E-state index contributed by atoms with van der Waals surface area (Å²) in [6.45, 7) is 13.5. The highest BCUT2D eigenvalue weighted by Crippen LogP contribution is 2.40. The van der Waals surface area contributed by atoms with E-state index >= 15 is 0 Å². The Labute approximate surface area is 185 Å². The van der Waals surface area contributed by atoms with Crippen molar-refractivity contribution in [3.63, 3.8) is 0 Å². The average Bonchev–Trinajstić information content (AvgIpc) is 3.25. The van der Waals surface area contributed by atoms with E-state index in [0.717, 1.165) is 63.2 Å². The molecule has 4 heterocycles. The average molecular weight is 428 g/mol. The van der Waals surface area contributed by atoms with Gasteiger partial charge in [-0.25, -0.2) is 0 Å². The monoisotopic (exact) mass is 427 g/mol. The molecule has 0 saturated carbocycles. The Morgan fingerprint density at radius 1 is 1.20 bits per heavy atom. The number of hydrogen-bond donors (Lipinski definition) is 1. The van der Waals surface area contributed by atoms with E-state index in [1.165, 1.54) is 17.0 Å². The maximum absolute atomic E-state index is 5.68. The molecule has 7 heteroatoms. The van der Waals surface area contributed by atoms with Crippen molar-refractivity contribution >= 4 is 17.3 Å². The maximum atomic E-state index is 5.68. The number of likely N-dealkylation sites (N-methyl/N-ethyl adjacent to an activating group) is 1. The number of ether oxygens (including phenoxy) is 1. The van der Waals surface area contributed by atoms with E-state index in [1.807, 2.05) is 18.3 Å². The number of rotatable bonds is 7. The van der Waals surface area contributed by atoms with Crippen LogP contribution in [0.5, 0.6) is 0 Å². The van der Waals surface area contributed by atoms with Gasteiger partial charge in [0.1, 0.15) is 0 Å². The van der Waals surface area contributed by atoms with Gasteiger partial charge in [0.25, 0.3) is 0 Å². The molecule has 2 aliphatic heterocycles. The van der Waals surface area contributed by atoms with Crippen LogP contribution in [0.15, 0.2) is 30.5 Å². The smallest absolute Gasteiger partial charge is 0.170 e. The highest BCUT2D eigenvalue weighted by atomic mass is 32.1. The van der Waals surface area contributed by atoms with Crippen molar-refractivity contribution in [2.24, 2.45) is 0 Å². The van der Waals surface area contributed by atoms with Crippen LogP contribution in [0.3, 0.4) is 0 Å². The summed E-state index contributed by atoms with van der Waals surface area (Å²) in [4.78, 5) is 9.44. The lowest BCUT2D eigenvalue weighted by Crippen LogP contribution is -2.37. The maximum Gasteiger partial charge on any atom is 0.170 e. The molecule has 0 unspecified atom stereocenters. The van der Waals surface area contributed by atoms with Crippen LogP contribution in [-0.2, 0) is 11.3 Å². The first-order valence-electron chi connectivity index (χ1n) is 11.0. The molecule has 1 N–H and O–H groups in total. The van der Waals surface area contributed by atoms with Crippen molar-refractivity contribution in [3.8, 4) is 0 Å². The minimum Gasteiger partial charge on any atom is -0.379 e. The third kappa shape index (κ3) is 4.24. The first-order chi connectivity index (χ1) is 14.6. The van der Waals surface area contributed by atoms with E-state index in [2.05, 4.69) is 57.6 Å². The summed E-state index contributed by atoms with van der Waals surface area (Å²) in [7, 11) is 0. The molecule has 2 aliphatic rings. The molecule has 30 heavy (non-hydrogen) atoms. The Hall–Kier alpha value is -1.96. The fourth-order valence-electron chi connectivity index (χ4n) is 4.83. The number of nitrogens with one attached hydrogen (secondary N) is 1. The van der Waals surface area contributed by atoms with Crippen LogP contribution in [0.4, 0.5) is 0 Å². The molecule has 162 valence electrons. The normalized spacial score (nSPS) is 22.5. The molecular formula is C23H33N5OS. The van der Waals surface area contributed by atoms with Crippen LogP contribution >= 0.6 is 12.2 Å². The zero-order chi connectivity index (χ0) is 21.1. The summed E-state index contributed by atoms with van der Waals surface area (Å²) in [5.74, 6) is 0. The van der Waals surface area contributed by atoms with Gasteiger partial charge in [-0.05, 0) is 63.2 Å².